The molecule has 30 heavy (non-hydrogen) atoms. The van der Waals surface area contributed by atoms with Crippen LogP contribution in [0, 0.1) is 12.3 Å². The molecule has 2 rings (SSSR count). The number of hydrogen-bond acceptors (Lipinski definition) is 3. The van der Waals surface area contributed by atoms with Crippen molar-refractivity contribution in [3.63, 3.8) is 0 Å². The highest BCUT2D eigenvalue weighted by Crippen LogP contribution is 2.32. The molecule has 0 atom stereocenters. The van der Waals surface area contributed by atoms with Crippen molar-refractivity contribution in [1.82, 2.24) is 14.5 Å². The first-order chi connectivity index (χ1) is 13.8. The number of alkyl halides is 3. The monoisotopic (exact) mass is 421 g/mol. The molecule has 8 heteroatoms. The van der Waals surface area contributed by atoms with Crippen molar-refractivity contribution in [3.8, 4) is 23.7 Å². The highest BCUT2D eigenvalue weighted by Gasteiger charge is 2.35. The second-order valence-electron chi connectivity index (χ2n) is 8.19. The number of rotatable bonds is 5. The number of carbonyl (C=O) groups excluding carboxylic acids is 1. The normalized spacial score (nSPS) is 12.0. The van der Waals surface area contributed by atoms with E-state index in [1.807, 2.05) is 0 Å². The molecule has 0 unspecified atom stereocenters. The van der Waals surface area contributed by atoms with Crippen LogP contribution in [-0.4, -0.2) is 32.7 Å². The zero-order valence-electron chi connectivity index (χ0n) is 17.7. The number of imidazole rings is 1. The van der Waals surface area contributed by atoms with Gasteiger partial charge >= 0.3 is 12.3 Å². The number of hydrogen-bond donors (Lipinski definition) is 0. The van der Waals surface area contributed by atoms with E-state index in [1.54, 1.807) is 58.9 Å². The van der Waals surface area contributed by atoms with Gasteiger partial charge in [-0.2, -0.15) is 13.2 Å². The first-order valence-corrected chi connectivity index (χ1v) is 9.48. The minimum atomic E-state index is -4.52. The Balaban J connectivity index is 2.27. The van der Waals surface area contributed by atoms with E-state index in [0.717, 1.165) is 11.8 Å². The molecule has 2 aromatic rings. The fraction of sp³-hybridized carbons (Fsp3) is 0.455. The number of carbonyl (C=O) groups is 1. The van der Waals surface area contributed by atoms with Crippen LogP contribution < -0.4 is 0 Å². The molecule has 0 radical (unpaired) electrons. The van der Waals surface area contributed by atoms with E-state index >= 15 is 0 Å². The van der Waals surface area contributed by atoms with Crippen molar-refractivity contribution in [2.45, 2.75) is 59.0 Å². The maximum absolute atomic E-state index is 13.1. The maximum atomic E-state index is 13.1. The summed E-state index contributed by atoms with van der Waals surface area (Å²) in [5.41, 5.74) is -0.277. The van der Waals surface area contributed by atoms with Crippen LogP contribution in [0.5, 0.6) is 0 Å². The Morgan fingerprint density at radius 3 is 2.30 bits per heavy atom. The molecule has 1 aromatic heterocycles. The fourth-order valence-electron chi connectivity index (χ4n) is 2.74. The summed E-state index contributed by atoms with van der Waals surface area (Å²) in [4.78, 5) is 17.5. The molecule has 0 N–H and O–H groups in total. The number of aromatic nitrogens is 2. The minimum Gasteiger partial charge on any atom is -0.444 e. The van der Waals surface area contributed by atoms with Gasteiger partial charge in [0.2, 0.25) is 0 Å². The Kier molecular flexibility index (Phi) is 6.86. The van der Waals surface area contributed by atoms with Gasteiger partial charge in [0.15, 0.2) is 5.69 Å². The molecule has 0 aliphatic heterocycles. The van der Waals surface area contributed by atoms with Gasteiger partial charge in [0, 0.05) is 24.3 Å². The van der Waals surface area contributed by atoms with Crippen molar-refractivity contribution < 1.29 is 22.7 Å². The van der Waals surface area contributed by atoms with Crippen LogP contribution in [0.3, 0.4) is 0 Å². The standard InChI is InChI=1S/C22H26F3N3O2/c1-7-12-27(20(29)30-21(4,5)6)13-16-8-10-17(11-9-16)19-26-18(22(23,24)25)14-28(19)15(2)3/h1,8-11,14-15H,12-13H2,2-6H3. The predicted octanol–water partition coefficient (Wildman–Crippen LogP) is 5.52. The Labute approximate surface area is 174 Å². The van der Waals surface area contributed by atoms with Crippen molar-refractivity contribution in [3.05, 3.63) is 41.7 Å². The third-order valence-electron chi connectivity index (χ3n) is 4.10. The summed E-state index contributed by atoms with van der Waals surface area (Å²) in [5, 5.41) is 0. The first-order valence-electron chi connectivity index (χ1n) is 9.48. The van der Waals surface area contributed by atoms with E-state index in [2.05, 4.69) is 10.9 Å². The van der Waals surface area contributed by atoms with Crippen LogP contribution in [0.15, 0.2) is 30.5 Å². The molecular weight excluding hydrogens is 395 g/mol. The largest absolute Gasteiger partial charge is 0.444 e. The molecule has 0 aliphatic carbocycles. The summed E-state index contributed by atoms with van der Waals surface area (Å²) in [6, 6.07) is 6.63. The van der Waals surface area contributed by atoms with Gasteiger partial charge < -0.3 is 9.30 Å². The molecular formula is C22H26F3N3O2. The quantitative estimate of drug-likeness (QED) is 0.597. The summed E-state index contributed by atoms with van der Waals surface area (Å²) < 4.78 is 46.1. The van der Waals surface area contributed by atoms with Crippen LogP contribution in [0.1, 0.15) is 51.9 Å². The van der Waals surface area contributed by atoms with Crippen LogP contribution in [0.4, 0.5) is 18.0 Å². The van der Waals surface area contributed by atoms with Crippen LogP contribution in [0.25, 0.3) is 11.4 Å². The Hall–Kier alpha value is -2.95. The van der Waals surface area contributed by atoms with Crippen LogP contribution >= 0.6 is 0 Å². The van der Waals surface area contributed by atoms with E-state index in [1.165, 1.54) is 9.47 Å². The number of benzene rings is 1. The summed E-state index contributed by atoms with van der Waals surface area (Å²) in [6.07, 6.45) is 1.34. The lowest BCUT2D eigenvalue weighted by Gasteiger charge is -2.26. The minimum absolute atomic E-state index is 0.0728. The second kappa shape index (κ2) is 8.82. The zero-order valence-corrected chi connectivity index (χ0v) is 17.7. The topological polar surface area (TPSA) is 47.4 Å². The molecule has 1 aromatic carbocycles. The summed E-state index contributed by atoms with van der Waals surface area (Å²) in [6.45, 7) is 9.16. The number of ether oxygens (including phenoxy) is 1. The maximum Gasteiger partial charge on any atom is 0.434 e. The van der Waals surface area contributed by atoms with Gasteiger partial charge in [-0.1, -0.05) is 30.2 Å². The molecule has 0 spiro atoms. The molecule has 0 saturated heterocycles. The molecule has 0 bridgehead atoms. The van der Waals surface area contributed by atoms with E-state index in [0.29, 0.717) is 5.56 Å². The van der Waals surface area contributed by atoms with Gasteiger partial charge in [0.1, 0.15) is 11.4 Å². The molecule has 1 heterocycles. The predicted molar refractivity (Wildman–Crippen MR) is 109 cm³/mol. The third-order valence-corrected chi connectivity index (χ3v) is 4.10. The lowest BCUT2D eigenvalue weighted by Crippen LogP contribution is -2.36. The average Bonchev–Trinajstić information content (AvgIpc) is 3.06. The lowest BCUT2D eigenvalue weighted by molar-refractivity contribution is -0.140. The van der Waals surface area contributed by atoms with E-state index in [4.69, 9.17) is 11.2 Å². The molecule has 162 valence electrons. The van der Waals surface area contributed by atoms with Crippen molar-refractivity contribution in [2.75, 3.05) is 6.54 Å². The lowest BCUT2D eigenvalue weighted by atomic mass is 10.1. The second-order valence-corrected chi connectivity index (χ2v) is 8.19. The average molecular weight is 421 g/mol. The van der Waals surface area contributed by atoms with Gasteiger partial charge in [0.05, 0.1) is 6.54 Å². The molecule has 0 aliphatic rings. The van der Waals surface area contributed by atoms with E-state index in [9.17, 15) is 18.0 Å². The van der Waals surface area contributed by atoms with Gasteiger partial charge in [-0.15, -0.1) is 6.42 Å². The SMILES string of the molecule is C#CCN(Cc1ccc(-c2nc(C(F)(F)F)cn2C(C)C)cc1)C(=O)OC(C)(C)C. The van der Waals surface area contributed by atoms with E-state index in [-0.39, 0.29) is 25.0 Å². The van der Waals surface area contributed by atoms with Crippen molar-refractivity contribution >= 4 is 6.09 Å². The highest BCUT2D eigenvalue weighted by atomic mass is 19.4. The number of terminal acetylenes is 1. The first kappa shape index (κ1) is 23.3. The third kappa shape index (κ3) is 6.02. The van der Waals surface area contributed by atoms with Gasteiger partial charge in [-0.25, -0.2) is 9.78 Å². The molecule has 0 fully saturated rings. The molecule has 1 amide bonds. The zero-order chi connectivity index (χ0) is 22.7. The van der Waals surface area contributed by atoms with Crippen molar-refractivity contribution in [2.24, 2.45) is 0 Å². The van der Waals surface area contributed by atoms with E-state index < -0.39 is 23.6 Å². The summed E-state index contributed by atoms with van der Waals surface area (Å²) in [5.74, 6) is 2.67. The number of amides is 1. The number of halogens is 3. The number of nitrogens with zero attached hydrogens (tertiary/aromatic N) is 3. The Bertz CT molecular complexity index is 917. The fourth-order valence-corrected chi connectivity index (χ4v) is 2.74. The van der Waals surface area contributed by atoms with Gasteiger partial charge in [-0.3, -0.25) is 4.90 Å². The van der Waals surface area contributed by atoms with Gasteiger partial charge in [-0.05, 0) is 40.2 Å². The van der Waals surface area contributed by atoms with Gasteiger partial charge in [0.25, 0.3) is 0 Å². The van der Waals surface area contributed by atoms with Crippen molar-refractivity contribution in [1.29, 1.82) is 0 Å². The molecule has 5 nitrogen and oxygen atoms in total. The Morgan fingerprint density at radius 1 is 1.23 bits per heavy atom. The Morgan fingerprint density at radius 2 is 1.83 bits per heavy atom. The molecule has 0 saturated carbocycles. The highest BCUT2D eigenvalue weighted by molar-refractivity contribution is 5.68. The summed E-state index contributed by atoms with van der Waals surface area (Å²) in [7, 11) is 0. The summed E-state index contributed by atoms with van der Waals surface area (Å²) >= 11 is 0. The van der Waals surface area contributed by atoms with Crippen LogP contribution in [-0.2, 0) is 17.5 Å². The smallest absolute Gasteiger partial charge is 0.434 e. The van der Waals surface area contributed by atoms with Crippen LogP contribution in [0.2, 0.25) is 0 Å².